The first-order chi connectivity index (χ1) is 19.2. The van der Waals surface area contributed by atoms with Crippen LogP contribution in [0, 0.1) is 39.7 Å². The monoisotopic (exact) mass is 560 g/mol. The second-order valence-electron chi connectivity index (χ2n) is 10.5. The Kier molecular flexibility index (Phi) is 14.4. The molecule has 2 rings (SSSR count). The number of rotatable bonds is 19. The maximum absolute atomic E-state index is 12.7. The van der Waals surface area contributed by atoms with Crippen LogP contribution in [0.5, 0.6) is 0 Å². The molecule has 0 spiro atoms. The van der Waals surface area contributed by atoms with Crippen molar-refractivity contribution in [2.75, 3.05) is 13.2 Å². The molecule has 0 aromatic heterocycles. The van der Waals surface area contributed by atoms with Gasteiger partial charge in [-0.2, -0.15) is 0 Å². The highest BCUT2D eigenvalue weighted by molar-refractivity contribution is 5.75. The summed E-state index contributed by atoms with van der Waals surface area (Å²) in [5.41, 5.74) is 1.05. The van der Waals surface area contributed by atoms with Crippen molar-refractivity contribution in [3.8, 4) is 0 Å². The number of hydrogen-bond donors (Lipinski definition) is 4. The van der Waals surface area contributed by atoms with E-state index in [1.54, 1.807) is 6.08 Å². The molecule has 0 saturated heterocycles. The van der Waals surface area contributed by atoms with Crippen LogP contribution in [0.2, 0.25) is 0 Å². The maximum Gasteiger partial charge on any atom is 0.307 e. The quantitative estimate of drug-likeness (QED) is 0.0857. The average molecular weight is 561 g/mol. The molecule has 1 aromatic rings. The summed E-state index contributed by atoms with van der Waals surface area (Å²) in [6, 6.07) is 9.67. The summed E-state index contributed by atoms with van der Waals surface area (Å²) in [5.74, 6) is -4.26. The lowest BCUT2D eigenvalue weighted by Crippen LogP contribution is -2.41. The fourth-order valence-electron chi connectivity index (χ4n) is 6.06. The molecule has 0 bridgehead atoms. The van der Waals surface area contributed by atoms with Crippen molar-refractivity contribution in [1.29, 1.82) is 0 Å². The summed E-state index contributed by atoms with van der Waals surface area (Å²) >= 11 is 0. The molecule has 40 heavy (non-hydrogen) atoms. The van der Waals surface area contributed by atoms with E-state index in [2.05, 4.69) is 16.7 Å². The number of carbonyl (C=O) groups excluding carboxylic acids is 1. The van der Waals surface area contributed by atoms with Gasteiger partial charge in [0.05, 0.1) is 24.7 Å². The third kappa shape index (κ3) is 10.4. The standard InChI is InChI=1S/C30H44N2O8/c1-3-22(17-16-21-12-8-7-9-13-21)28(30(36)37)24(18-19-40-32(38)39)29-23(25(33)20-26(29)34)14-10-5-6-11-15-27(35)31-4-2/h3,5,7-10,12-13,22-26,28-29,33-34H,1,4,6,11,14-20H2,2H3,(H,31,35)(H,36,37)/t22?,23-,24?,25-,26+,28?,29-/m0/s1. The molecule has 4 N–H and O–H groups in total. The first kappa shape index (κ1) is 33.0. The Morgan fingerprint density at radius 3 is 2.55 bits per heavy atom. The van der Waals surface area contributed by atoms with Crippen molar-refractivity contribution in [3.63, 3.8) is 0 Å². The molecule has 0 aliphatic heterocycles. The van der Waals surface area contributed by atoms with E-state index < -0.39 is 52.9 Å². The van der Waals surface area contributed by atoms with Gasteiger partial charge < -0.3 is 25.5 Å². The number of aliphatic hydroxyl groups excluding tert-OH is 2. The fourth-order valence-corrected chi connectivity index (χ4v) is 6.06. The minimum absolute atomic E-state index is 0.00571. The number of amides is 1. The molecule has 1 aromatic carbocycles. The van der Waals surface area contributed by atoms with Gasteiger partial charge in [-0.15, -0.1) is 16.7 Å². The average Bonchev–Trinajstić information content (AvgIpc) is 3.19. The van der Waals surface area contributed by atoms with E-state index in [0.29, 0.717) is 45.1 Å². The first-order valence-electron chi connectivity index (χ1n) is 14.1. The zero-order chi connectivity index (χ0) is 29.5. The third-order valence-corrected chi connectivity index (χ3v) is 7.90. The van der Waals surface area contributed by atoms with Crippen molar-refractivity contribution in [2.24, 2.45) is 29.6 Å². The van der Waals surface area contributed by atoms with E-state index in [1.165, 1.54) is 0 Å². The van der Waals surface area contributed by atoms with Crippen LogP contribution in [-0.4, -0.2) is 57.6 Å². The number of nitrogens with zero attached hydrogens (tertiary/aromatic N) is 1. The number of aryl methyl sites for hydroxylation is 1. The van der Waals surface area contributed by atoms with Gasteiger partial charge in [-0.1, -0.05) is 48.6 Å². The van der Waals surface area contributed by atoms with Gasteiger partial charge in [0.1, 0.15) is 0 Å². The predicted molar refractivity (Wildman–Crippen MR) is 151 cm³/mol. The van der Waals surface area contributed by atoms with Crippen LogP contribution in [0.4, 0.5) is 0 Å². The van der Waals surface area contributed by atoms with Crippen LogP contribution in [-0.2, 0) is 20.8 Å². The zero-order valence-corrected chi connectivity index (χ0v) is 23.3. The van der Waals surface area contributed by atoms with Gasteiger partial charge in [-0.25, -0.2) is 0 Å². The first-order valence-corrected chi connectivity index (χ1v) is 14.1. The van der Waals surface area contributed by atoms with Crippen LogP contribution < -0.4 is 5.32 Å². The molecule has 1 saturated carbocycles. The summed E-state index contributed by atoms with van der Waals surface area (Å²) < 4.78 is 0. The Balaban J connectivity index is 2.23. The van der Waals surface area contributed by atoms with Crippen LogP contribution >= 0.6 is 0 Å². The van der Waals surface area contributed by atoms with Gasteiger partial charge in [0.15, 0.2) is 0 Å². The molecule has 10 nitrogen and oxygen atoms in total. The second-order valence-corrected chi connectivity index (χ2v) is 10.5. The Bertz CT molecular complexity index is 970. The normalized spacial score (nSPS) is 22.9. The molecule has 1 aliphatic rings. The highest BCUT2D eigenvalue weighted by atomic mass is 16.9. The highest BCUT2D eigenvalue weighted by Gasteiger charge is 2.49. The molecule has 7 atom stereocenters. The van der Waals surface area contributed by atoms with E-state index in [0.717, 1.165) is 5.56 Å². The number of carboxylic acids is 1. The number of aliphatic carboxylic acids is 1. The van der Waals surface area contributed by atoms with Crippen molar-refractivity contribution in [3.05, 3.63) is 70.8 Å². The largest absolute Gasteiger partial charge is 0.481 e. The summed E-state index contributed by atoms with van der Waals surface area (Å²) in [6.45, 7) is 6.03. The number of aliphatic hydroxyl groups is 2. The number of nitrogens with one attached hydrogen (secondary N) is 1. The lowest BCUT2D eigenvalue weighted by atomic mass is 9.67. The summed E-state index contributed by atoms with van der Waals surface area (Å²) in [4.78, 5) is 39.8. The molecule has 222 valence electrons. The molecule has 1 aliphatic carbocycles. The van der Waals surface area contributed by atoms with E-state index in [4.69, 9.17) is 0 Å². The molecular weight excluding hydrogens is 516 g/mol. The van der Waals surface area contributed by atoms with Gasteiger partial charge >= 0.3 is 5.97 Å². The Hall–Kier alpha value is -3.24. The predicted octanol–water partition coefficient (Wildman–Crippen LogP) is 3.95. The molecule has 10 heteroatoms. The number of carbonyl (C=O) groups is 2. The fraction of sp³-hybridized carbons (Fsp3) is 0.600. The lowest BCUT2D eigenvalue weighted by molar-refractivity contribution is -0.758. The summed E-state index contributed by atoms with van der Waals surface area (Å²) in [6.07, 6.45) is 7.05. The van der Waals surface area contributed by atoms with Crippen molar-refractivity contribution in [2.45, 2.75) is 70.5 Å². The zero-order valence-electron chi connectivity index (χ0n) is 23.3. The Morgan fingerprint density at radius 2 is 1.93 bits per heavy atom. The SMILES string of the molecule is C=CC(CCc1ccccc1)C(C(=O)O)C(CCO[N+](=O)[O-])[C@@H]1[C@@H](CC=CCCCC(=O)NCC)[C@@H](O)C[C@H]1O. The van der Waals surface area contributed by atoms with E-state index in [1.807, 2.05) is 49.4 Å². The van der Waals surface area contributed by atoms with E-state index in [9.17, 15) is 35.0 Å². The second kappa shape index (κ2) is 17.5. The Labute approximate surface area is 236 Å². The molecule has 0 heterocycles. The van der Waals surface area contributed by atoms with E-state index in [-0.39, 0.29) is 25.4 Å². The minimum Gasteiger partial charge on any atom is -0.481 e. The van der Waals surface area contributed by atoms with Gasteiger partial charge in [0.2, 0.25) is 5.91 Å². The molecule has 1 amide bonds. The van der Waals surface area contributed by atoms with Crippen LogP contribution in [0.3, 0.4) is 0 Å². The van der Waals surface area contributed by atoms with Crippen molar-refractivity contribution >= 4 is 11.9 Å². The van der Waals surface area contributed by atoms with Crippen molar-refractivity contribution in [1.82, 2.24) is 5.32 Å². The van der Waals surface area contributed by atoms with Crippen molar-refractivity contribution < 1.29 is 34.8 Å². The number of carboxylic acid groups (broad SMARTS) is 1. The third-order valence-electron chi connectivity index (χ3n) is 7.90. The molecular formula is C30H44N2O8. The lowest BCUT2D eigenvalue weighted by Gasteiger charge is -2.37. The number of unbranched alkanes of at least 4 members (excludes halogenated alkanes) is 1. The molecule has 0 radical (unpaired) electrons. The highest BCUT2D eigenvalue weighted by Crippen LogP contribution is 2.46. The summed E-state index contributed by atoms with van der Waals surface area (Å²) in [5, 5.41) is 45.0. The van der Waals surface area contributed by atoms with Crippen LogP contribution in [0.1, 0.15) is 57.4 Å². The van der Waals surface area contributed by atoms with Crippen LogP contribution in [0.25, 0.3) is 0 Å². The molecule has 1 fully saturated rings. The Morgan fingerprint density at radius 1 is 1.20 bits per heavy atom. The maximum atomic E-state index is 12.7. The van der Waals surface area contributed by atoms with Crippen LogP contribution in [0.15, 0.2) is 55.1 Å². The minimum atomic E-state index is -1.07. The van der Waals surface area contributed by atoms with Gasteiger partial charge in [0, 0.05) is 13.0 Å². The number of allylic oxidation sites excluding steroid dienone is 3. The topological polar surface area (TPSA) is 159 Å². The van der Waals surface area contributed by atoms with Gasteiger partial charge in [-0.05, 0) is 81.1 Å². The van der Waals surface area contributed by atoms with E-state index >= 15 is 0 Å². The number of benzene rings is 1. The number of hydrogen-bond acceptors (Lipinski definition) is 7. The molecule has 3 unspecified atom stereocenters. The smallest absolute Gasteiger partial charge is 0.307 e. The van der Waals surface area contributed by atoms with Gasteiger partial charge in [-0.3, -0.25) is 9.59 Å². The summed E-state index contributed by atoms with van der Waals surface area (Å²) in [7, 11) is 0. The van der Waals surface area contributed by atoms with Gasteiger partial charge in [0.25, 0.3) is 5.09 Å².